The Labute approximate surface area is 104 Å². The molecule has 1 aromatic carbocycles. The van der Waals surface area contributed by atoms with Crippen LogP contribution in [0.1, 0.15) is 42.5 Å². The number of rotatable bonds is 1. The number of halogens is 1. The minimum atomic E-state index is -1.17. The van der Waals surface area contributed by atoms with Crippen molar-refractivity contribution in [1.29, 1.82) is 0 Å². The number of fused-ring (bicyclic) bond motifs is 1. The van der Waals surface area contributed by atoms with E-state index in [0.29, 0.717) is 16.5 Å². The summed E-state index contributed by atoms with van der Waals surface area (Å²) in [6.07, 6.45) is 0. The van der Waals surface area contributed by atoms with E-state index < -0.39 is 17.2 Å². The van der Waals surface area contributed by atoms with E-state index in [1.165, 1.54) is 0 Å². The van der Waals surface area contributed by atoms with E-state index in [1.807, 2.05) is 20.8 Å². The number of hydrogen-bond acceptors (Lipinski definition) is 2. The van der Waals surface area contributed by atoms with E-state index >= 15 is 0 Å². The molecule has 1 N–H and O–H groups in total. The Morgan fingerprint density at radius 3 is 2.44 bits per heavy atom. The van der Waals surface area contributed by atoms with Gasteiger partial charge in [-0.05, 0) is 17.9 Å². The second kappa shape index (κ2) is 3.83. The highest BCUT2D eigenvalue weighted by Gasteiger charge is 2.30. The van der Waals surface area contributed by atoms with Crippen molar-refractivity contribution in [3.63, 3.8) is 0 Å². The van der Waals surface area contributed by atoms with Crippen LogP contribution in [0.5, 0.6) is 0 Å². The summed E-state index contributed by atoms with van der Waals surface area (Å²) in [5.41, 5.74) is 0.565. The predicted octanol–water partition coefficient (Wildman–Crippen LogP) is 3.88. The Bertz CT molecular complexity index is 633. The van der Waals surface area contributed by atoms with Gasteiger partial charge in [0.1, 0.15) is 0 Å². The van der Waals surface area contributed by atoms with Crippen molar-refractivity contribution in [2.75, 3.05) is 0 Å². The molecule has 0 bridgehead atoms. The first-order chi connectivity index (χ1) is 8.23. The fourth-order valence-corrected chi connectivity index (χ4v) is 2.12. The Morgan fingerprint density at radius 1 is 1.33 bits per heavy atom. The molecule has 0 aliphatic heterocycles. The highest BCUT2D eigenvalue weighted by atomic mass is 19.1. The van der Waals surface area contributed by atoms with E-state index in [-0.39, 0.29) is 11.3 Å². The minimum absolute atomic E-state index is 0.0253. The minimum Gasteiger partial charge on any atom is -0.475 e. The molecule has 0 aliphatic rings. The van der Waals surface area contributed by atoms with Gasteiger partial charge in [-0.1, -0.05) is 32.9 Å². The summed E-state index contributed by atoms with van der Waals surface area (Å²) < 4.78 is 19.2. The Balaban J connectivity index is 2.94. The molecule has 0 saturated carbocycles. The van der Waals surface area contributed by atoms with Crippen LogP contribution in [0.2, 0.25) is 0 Å². The van der Waals surface area contributed by atoms with Gasteiger partial charge < -0.3 is 9.52 Å². The standard InChI is InChI=1S/C14H15FO3/c1-7-5-6-8-9(14(2,3)4)12(13(16)17)18-11(8)10(7)15/h5-6H,1-4H3,(H,16,17). The third-order valence-electron chi connectivity index (χ3n) is 2.93. The molecule has 0 spiro atoms. The monoisotopic (exact) mass is 250 g/mol. The lowest BCUT2D eigenvalue weighted by molar-refractivity contribution is 0.0661. The van der Waals surface area contributed by atoms with Gasteiger partial charge in [0.05, 0.1) is 0 Å². The molecule has 0 unspecified atom stereocenters. The largest absolute Gasteiger partial charge is 0.475 e. The molecular formula is C14H15FO3. The first-order valence-electron chi connectivity index (χ1n) is 5.69. The third kappa shape index (κ3) is 1.78. The number of aryl methyl sites for hydroxylation is 1. The number of aromatic carboxylic acids is 1. The maximum atomic E-state index is 14.0. The maximum absolute atomic E-state index is 14.0. The topological polar surface area (TPSA) is 50.4 Å². The van der Waals surface area contributed by atoms with E-state index in [9.17, 15) is 14.3 Å². The van der Waals surface area contributed by atoms with E-state index in [2.05, 4.69) is 0 Å². The van der Waals surface area contributed by atoms with Gasteiger partial charge in [0.15, 0.2) is 11.4 Å². The zero-order valence-corrected chi connectivity index (χ0v) is 10.8. The van der Waals surface area contributed by atoms with Gasteiger partial charge in [-0.25, -0.2) is 9.18 Å². The van der Waals surface area contributed by atoms with Crippen LogP contribution in [0.15, 0.2) is 16.5 Å². The number of carboxylic acids is 1. The number of furan rings is 1. The molecule has 0 amide bonds. The molecule has 18 heavy (non-hydrogen) atoms. The second-order valence-corrected chi connectivity index (χ2v) is 5.43. The first-order valence-corrected chi connectivity index (χ1v) is 5.69. The van der Waals surface area contributed by atoms with E-state index in [4.69, 9.17) is 4.42 Å². The third-order valence-corrected chi connectivity index (χ3v) is 2.93. The summed E-state index contributed by atoms with van der Waals surface area (Å²) in [6.45, 7) is 7.25. The summed E-state index contributed by atoms with van der Waals surface area (Å²) in [5, 5.41) is 9.70. The predicted molar refractivity (Wildman–Crippen MR) is 66.6 cm³/mol. The Kier molecular flexibility index (Phi) is 2.69. The number of benzene rings is 1. The molecule has 0 aliphatic carbocycles. The van der Waals surface area contributed by atoms with Crippen LogP contribution in [0.4, 0.5) is 4.39 Å². The zero-order chi connectivity index (χ0) is 13.7. The van der Waals surface area contributed by atoms with Gasteiger partial charge in [0, 0.05) is 10.9 Å². The van der Waals surface area contributed by atoms with Crippen molar-refractivity contribution in [3.05, 3.63) is 34.8 Å². The Hall–Kier alpha value is -1.84. The number of hydrogen-bond donors (Lipinski definition) is 1. The molecule has 3 nitrogen and oxygen atoms in total. The number of carboxylic acid groups (broad SMARTS) is 1. The SMILES string of the molecule is Cc1ccc2c(C(C)(C)C)c(C(=O)O)oc2c1F. The van der Waals surface area contributed by atoms with Gasteiger partial charge in [-0.2, -0.15) is 0 Å². The summed E-state index contributed by atoms with van der Waals surface area (Å²) in [4.78, 5) is 11.2. The molecule has 2 aromatic rings. The van der Waals surface area contributed by atoms with Gasteiger partial charge >= 0.3 is 5.97 Å². The lowest BCUT2D eigenvalue weighted by atomic mass is 9.84. The van der Waals surface area contributed by atoms with Crippen molar-refractivity contribution < 1.29 is 18.7 Å². The highest BCUT2D eigenvalue weighted by Crippen LogP contribution is 2.37. The van der Waals surface area contributed by atoms with Crippen molar-refractivity contribution in [2.45, 2.75) is 33.1 Å². The van der Waals surface area contributed by atoms with Crippen LogP contribution < -0.4 is 0 Å². The smallest absolute Gasteiger partial charge is 0.372 e. The molecule has 0 atom stereocenters. The lowest BCUT2D eigenvalue weighted by Crippen LogP contribution is -2.15. The van der Waals surface area contributed by atoms with E-state index in [0.717, 1.165) is 0 Å². The fourth-order valence-electron chi connectivity index (χ4n) is 2.12. The summed E-state index contributed by atoms with van der Waals surface area (Å²) >= 11 is 0. The van der Waals surface area contributed by atoms with Gasteiger partial charge in [0.25, 0.3) is 0 Å². The second-order valence-electron chi connectivity index (χ2n) is 5.43. The van der Waals surface area contributed by atoms with E-state index in [1.54, 1.807) is 19.1 Å². The van der Waals surface area contributed by atoms with Crippen molar-refractivity contribution in [3.8, 4) is 0 Å². The summed E-state index contributed by atoms with van der Waals surface area (Å²) in [5.74, 6) is -1.85. The molecule has 1 aromatic heterocycles. The fraction of sp³-hybridized carbons (Fsp3) is 0.357. The normalized spacial score (nSPS) is 12.1. The average molecular weight is 250 g/mol. The van der Waals surface area contributed by atoms with Crippen LogP contribution in [0.25, 0.3) is 11.0 Å². The van der Waals surface area contributed by atoms with Gasteiger partial charge in [-0.3, -0.25) is 0 Å². The molecule has 0 saturated heterocycles. The first kappa shape index (κ1) is 12.6. The van der Waals surface area contributed by atoms with Crippen molar-refractivity contribution in [1.82, 2.24) is 0 Å². The molecule has 0 fully saturated rings. The summed E-state index contributed by atoms with van der Waals surface area (Å²) in [7, 11) is 0. The average Bonchev–Trinajstić information content (AvgIpc) is 2.63. The lowest BCUT2D eigenvalue weighted by Gasteiger charge is -2.17. The molecule has 2 rings (SSSR count). The van der Waals surface area contributed by atoms with Crippen molar-refractivity contribution in [2.24, 2.45) is 0 Å². The molecule has 96 valence electrons. The van der Waals surface area contributed by atoms with Gasteiger partial charge in [0.2, 0.25) is 5.76 Å². The number of carbonyl (C=O) groups is 1. The molecule has 0 radical (unpaired) electrons. The van der Waals surface area contributed by atoms with Crippen LogP contribution in [0.3, 0.4) is 0 Å². The summed E-state index contributed by atoms with van der Waals surface area (Å²) in [6, 6.07) is 3.35. The maximum Gasteiger partial charge on any atom is 0.372 e. The zero-order valence-electron chi connectivity index (χ0n) is 10.8. The van der Waals surface area contributed by atoms with Crippen LogP contribution in [-0.2, 0) is 5.41 Å². The highest BCUT2D eigenvalue weighted by molar-refractivity contribution is 5.96. The van der Waals surface area contributed by atoms with Crippen LogP contribution >= 0.6 is 0 Å². The van der Waals surface area contributed by atoms with Crippen LogP contribution in [0, 0.1) is 12.7 Å². The molecular weight excluding hydrogens is 235 g/mol. The molecule has 1 heterocycles. The van der Waals surface area contributed by atoms with Crippen molar-refractivity contribution >= 4 is 16.9 Å². The molecule has 4 heteroatoms. The Morgan fingerprint density at radius 2 is 1.94 bits per heavy atom. The van der Waals surface area contributed by atoms with Crippen LogP contribution in [-0.4, -0.2) is 11.1 Å². The van der Waals surface area contributed by atoms with Gasteiger partial charge in [-0.15, -0.1) is 0 Å². The quantitative estimate of drug-likeness (QED) is 0.835.